The van der Waals surface area contributed by atoms with Gasteiger partial charge in [0.05, 0.1) is 17.1 Å². The average molecular weight is 192 g/mol. The normalized spacial score (nSPS) is 13.0. The highest BCUT2D eigenvalue weighted by atomic mass is 16.4. The number of benzene rings is 1. The summed E-state index contributed by atoms with van der Waals surface area (Å²) in [5, 5.41) is 20.6. The lowest BCUT2D eigenvalue weighted by molar-refractivity contribution is 0.320. The summed E-state index contributed by atoms with van der Waals surface area (Å²) in [4.78, 5) is 4.19. The highest BCUT2D eigenvalue weighted by molar-refractivity contribution is 6.40. The molecule has 0 aliphatic carbocycles. The largest absolute Gasteiger partial charge is 0.508 e. The number of hydrogen-bond acceptors (Lipinski definition) is 4. The molecule has 0 heterocycles. The summed E-state index contributed by atoms with van der Waals surface area (Å²) in [6, 6.07) is 6.47. The molecular formula is C10H12N2O2. The molecule has 1 aromatic rings. The van der Waals surface area contributed by atoms with Crippen LogP contribution < -0.4 is 0 Å². The number of nitrogens with zero attached hydrogens (tertiary/aromatic N) is 2. The third-order valence-electron chi connectivity index (χ3n) is 1.82. The Morgan fingerprint density at radius 1 is 1.07 bits per heavy atom. The Labute approximate surface area is 82.2 Å². The van der Waals surface area contributed by atoms with E-state index in [0.29, 0.717) is 17.1 Å². The van der Waals surface area contributed by atoms with Gasteiger partial charge in [-0.3, -0.25) is 4.99 Å². The topological polar surface area (TPSA) is 65.2 Å². The standard InChI is InChI=1S/C10H12N2O2/c1-7(8(2)12-14)11-9-3-5-10(13)6-4-9/h3-6,13-14H,1-2H3/b11-7?,12-8+. The van der Waals surface area contributed by atoms with Crippen LogP contribution in [0.4, 0.5) is 5.69 Å². The molecule has 0 spiro atoms. The fourth-order valence-corrected chi connectivity index (χ4v) is 0.874. The Kier molecular flexibility index (Phi) is 3.23. The molecule has 1 aromatic carbocycles. The zero-order chi connectivity index (χ0) is 10.6. The fourth-order valence-electron chi connectivity index (χ4n) is 0.874. The first-order valence-electron chi connectivity index (χ1n) is 4.17. The zero-order valence-corrected chi connectivity index (χ0v) is 8.10. The van der Waals surface area contributed by atoms with E-state index in [0.717, 1.165) is 0 Å². The molecule has 74 valence electrons. The molecule has 1 rings (SSSR count). The first kappa shape index (κ1) is 10.2. The predicted molar refractivity (Wildman–Crippen MR) is 55.8 cm³/mol. The average Bonchev–Trinajstić information content (AvgIpc) is 2.20. The van der Waals surface area contributed by atoms with E-state index in [2.05, 4.69) is 10.1 Å². The van der Waals surface area contributed by atoms with Crippen molar-refractivity contribution >= 4 is 17.1 Å². The van der Waals surface area contributed by atoms with E-state index >= 15 is 0 Å². The van der Waals surface area contributed by atoms with E-state index in [1.165, 1.54) is 0 Å². The monoisotopic (exact) mass is 192 g/mol. The van der Waals surface area contributed by atoms with Crippen LogP contribution in [-0.4, -0.2) is 21.7 Å². The fraction of sp³-hybridized carbons (Fsp3) is 0.200. The van der Waals surface area contributed by atoms with Crippen LogP contribution in [-0.2, 0) is 0 Å². The molecule has 0 amide bonds. The minimum absolute atomic E-state index is 0.203. The second-order valence-corrected chi connectivity index (χ2v) is 2.90. The van der Waals surface area contributed by atoms with Gasteiger partial charge in [-0.15, -0.1) is 0 Å². The molecule has 0 unspecified atom stereocenters. The quantitative estimate of drug-likeness (QED) is 0.429. The summed E-state index contributed by atoms with van der Waals surface area (Å²) < 4.78 is 0. The van der Waals surface area contributed by atoms with Crippen LogP contribution in [0.1, 0.15) is 13.8 Å². The number of hydrogen-bond donors (Lipinski definition) is 2. The number of phenolic OH excluding ortho intramolecular Hbond substituents is 1. The third-order valence-corrected chi connectivity index (χ3v) is 1.82. The van der Waals surface area contributed by atoms with Crippen LogP contribution in [0.5, 0.6) is 5.75 Å². The van der Waals surface area contributed by atoms with Crippen LogP contribution in [0.15, 0.2) is 34.4 Å². The third kappa shape index (κ3) is 2.58. The first-order valence-corrected chi connectivity index (χ1v) is 4.17. The van der Waals surface area contributed by atoms with Crippen molar-refractivity contribution in [3.05, 3.63) is 24.3 Å². The first-order chi connectivity index (χ1) is 6.63. The van der Waals surface area contributed by atoms with Crippen molar-refractivity contribution < 1.29 is 10.3 Å². The van der Waals surface area contributed by atoms with Crippen molar-refractivity contribution in [2.45, 2.75) is 13.8 Å². The Morgan fingerprint density at radius 2 is 1.64 bits per heavy atom. The van der Waals surface area contributed by atoms with Gasteiger partial charge in [-0.1, -0.05) is 5.16 Å². The molecule has 0 aliphatic rings. The predicted octanol–water partition coefficient (Wildman–Crippen LogP) is 2.33. The highest BCUT2D eigenvalue weighted by Crippen LogP contribution is 2.16. The van der Waals surface area contributed by atoms with Gasteiger partial charge in [0, 0.05) is 0 Å². The summed E-state index contributed by atoms with van der Waals surface area (Å²) in [6.07, 6.45) is 0. The molecule has 2 N–H and O–H groups in total. The van der Waals surface area contributed by atoms with Gasteiger partial charge < -0.3 is 10.3 Å². The molecule has 4 nitrogen and oxygen atoms in total. The zero-order valence-electron chi connectivity index (χ0n) is 8.10. The molecule has 0 saturated carbocycles. The number of aromatic hydroxyl groups is 1. The van der Waals surface area contributed by atoms with Crippen molar-refractivity contribution in [2.24, 2.45) is 10.1 Å². The van der Waals surface area contributed by atoms with Crippen molar-refractivity contribution in [3.8, 4) is 5.75 Å². The number of rotatable bonds is 2. The van der Waals surface area contributed by atoms with Gasteiger partial charge >= 0.3 is 0 Å². The molecule has 0 aromatic heterocycles. The van der Waals surface area contributed by atoms with Crippen molar-refractivity contribution in [1.82, 2.24) is 0 Å². The number of oxime groups is 1. The van der Waals surface area contributed by atoms with E-state index in [9.17, 15) is 0 Å². The van der Waals surface area contributed by atoms with Crippen LogP contribution in [0.2, 0.25) is 0 Å². The van der Waals surface area contributed by atoms with Crippen LogP contribution in [0.3, 0.4) is 0 Å². The van der Waals surface area contributed by atoms with Gasteiger partial charge in [0.25, 0.3) is 0 Å². The lowest BCUT2D eigenvalue weighted by Gasteiger charge is -1.98. The van der Waals surface area contributed by atoms with Crippen molar-refractivity contribution in [1.29, 1.82) is 0 Å². The maximum absolute atomic E-state index is 9.03. The minimum Gasteiger partial charge on any atom is -0.508 e. The summed E-state index contributed by atoms with van der Waals surface area (Å²) in [5.41, 5.74) is 1.82. The molecule has 0 saturated heterocycles. The van der Waals surface area contributed by atoms with Crippen molar-refractivity contribution in [3.63, 3.8) is 0 Å². The minimum atomic E-state index is 0.203. The van der Waals surface area contributed by atoms with E-state index in [1.54, 1.807) is 38.1 Å². The molecule has 0 aliphatic heterocycles. The highest BCUT2D eigenvalue weighted by Gasteiger charge is 1.97. The number of phenols is 1. The molecule has 0 fully saturated rings. The Morgan fingerprint density at radius 3 is 2.14 bits per heavy atom. The van der Waals surface area contributed by atoms with Gasteiger partial charge in [-0.25, -0.2) is 0 Å². The maximum atomic E-state index is 9.03. The Bertz CT molecular complexity index is 366. The van der Waals surface area contributed by atoms with E-state index in [1.807, 2.05) is 0 Å². The van der Waals surface area contributed by atoms with E-state index in [4.69, 9.17) is 10.3 Å². The van der Waals surface area contributed by atoms with E-state index < -0.39 is 0 Å². The second-order valence-electron chi connectivity index (χ2n) is 2.90. The number of aliphatic imine (C=N–C) groups is 1. The molecular weight excluding hydrogens is 180 g/mol. The van der Waals surface area contributed by atoms with E-state index in [-0.39, 0.29) is 5.75 Å². The van der Waals surface area contributed by atoms with Gasteiger partial charge in [0.1, 0.15) is 5.75 Å². The SMILES string of the molecule is CC(=Nc1ccc(O)cc1)/C(C)=N/O. The second kappa shape index (κ2) is 4.41. The Hall–Kier alpha value is -1.84. The van der Waals surface area contributed by atoms with Gasteiger partial charge in [0.2, 0.25) is 0 Å². The molecule has 4 heteroatoms. The summed E-state index contributed by atoms with van der Waals surface area (Å²) >= 11 is 0. The lowest BCUT2D eigenvalue weighted by atomic mass is 10.2. The molecule has 0 bridgehead atoms. The molecule has 14 heavy (non-hydrogen) atoms. The summed E-state index contributed by atoms with van der Waals surface area (Å²) in [7, 11) is 0. The van der Waals surface area contributed by atoms with Crippen molar-refractivity contribution in [2.75, 3.05) is 0 Å². The van der Waals surface area contributed by atoms with Crippen LogP contribution >= 0.6 is 0 Å². The Balaban J connectivity index is 2.92. The van der Waals surface area contributed by atoms with Gasteiger partial charge in [0.15, 0.2) is 0 Å². The van der Waals surface area contributed by atoms with Crippen LogP contribution in [0, 0.1) is 0 Å². The summed E-state index contributed by atoms with van der Waals surface area (Å²) in [6.45, 7) is 3.42. The maximum Gasteiger partial charge on any atom is 0.115 e. The van der Waals surface area contributed by atoms with Crippen LogP contribution in [0.25, 0.3) is 0 Å². The molecule has 0 atom stereocenters. The summed E-state index contributed by atoms with van der Waals surface area (Å²) in [5.74, 6) is 0.203. The van der Waals surface area contributed by atoms with Gasteiger partial charge in [-0.2, -0.15) is 0 Å². The smallest absolute Gasteiger partial charge is 0.115 e. The van der Waals surface area contributed by atoms with Gasteiger partial charge in [-0.05, 0) is 38.1 Å². The lowest BCUT2D eigenvalue weighted by Crippen LogP contribution is -2.04. The molecule has 0 radical (unpaired) electrons.